The third-order valence-corrected chi connectivity index (χ3v) is 2.13. The molecule has 68 valence electrons. The molecular formula is C6H10ClF3S. The molecule has 11 heavy (non-hydrogen) atoms. The van der Waals surface area contributed by atoms with E-state index in [0.29, 0.717) is 12.3 Å². The van der Waals surface area contributed by atoms with Gasteiger partial charge in [0.05, 0.1) is 0 Å². The van der Waals surface area contributed by atoms with Crippen LogP contribution in [0.15, 0.2) is 0 Å². The van der Waals surface area contributed by atoms with Crippen LogP contribution >= 0.6 is 23.4 Å². The van der Waals surface area contributed by atoms with Gasteiger partial charge in [-0.1, -0.05) is 18.2 Å². The normalized spacial score (nSPS) is 12.0. The lowest BCUT2D eigenvalue weighted by molar-refractivity contribution is -0.0328. The Morgan fingerprint density at radius 1 is 1.09 bits per heavy atom. The maximum Gasteiger partial charge on any atom is 0.441 e. The minimum atomic E-state index is -4.07. The van der Waals surface area contributed by atoms with Crippen molar-refractivity contribution >= 4 is 23.4 Å². The molecule has 5 heteroatoms. The lowest BCUT2D eigenvalue weighted by atomic mass is 10.3. The molecule has 0 N–H and O–H groups in total. The summed E-state index contributed by atoms with van der Waals surface area (Å²) >= 11 is 5.38. The Bertz CT molecular complexity index is 94.3. The summed E-state index contributed by atoms with van der Waals surface area (Å²) in [6.07, 6.45) is 2.18. The first kappa shape index (κ1) is 11.4. The van der Waals surface area contributed by atoms with Crippen LogP contribution in [0.2, 0.25) is 0 Å². The molecule has 0 saturated carbocycles. The number of rotatable bonds is 5. The van der Waals surface area contributed by atoms with Gasteiger partial charge in [0.15, 0.2) is 0 Å². The second-order valence-electron chi connectivity index (χ2n) is 2.04. The minimum Gasteiger partial charge on any atom is -0.160 e. The van der Waals surface area contributed by atoms with E-state index < -0.39 is 5.51 Å². The molecule has 0 unspecified atom stereocenters. The van der Waals surface area contributed by atoms with Crippen molar-refractivity contribution in [1.29, 1.82) is 0 Å². The first-order valence-corrected chi connectivity index (χ1v) is 4.85. The molecule has 0 aromatic heterocycles. The van der Waals surface area contributed by atoms with Crippen LogP contribution in [-0.2, 0) is 0 Å². The zero-order chi connectivity index (χ0) is 8.74. The molecule has 0 rings (SSSR count). The third-order valence-electron chi connectivity index (χ3n) is 1.04. The van der Waals surface area contributed by atoms with Crippen molar-refractivity contribution in [2.45, 2.75) is 24.8 Å². The van der Waals surface area contributed by atoms with Crippen LogP contribution in [0, 0.1) is 0 Å². The summed E-state index contributed by atoms with van der Waals surface area (Å²) in [5.41, 5.74) is -4.07. The average Bonchev–Trinajstić information content (AvgIpc) is 1.85. The fourth-order valence-electron chi connectivity index (χ4n) is 0.561. The second kappa shape index (κ2) is 6.00. The predicted molar refractivity (Wildman–Crippen MR) is 43.1 cm³/mol. The fourth-order valence-corrected chi connectivity index (χ4v) is 1.33. The van der Waals surface area contributed by atoms with Gasteiger partial charge in [0.2, 0.25) is 0 Å². The average molecular weight is 207 g/mol. The van der Waals surface area contributed by atoms with Crippen molar-refractivity contribution in [1.82, 2.24) is 0 Å². The number of thioether (sulfide) groups is 1. The highest BCUT2D eigenvalue weighted by atomic mass is 35.5. The number of unbranched alkanes of at least 4 members (excludes halogenated alkanes) is 2. The van der Waals surface area contributed by atoms with Crippen LogP contribution in [-0.4, -0.2) is 17.1 Å². The Labute approximate surface area is 73.5 Å². The molecule has 0 aromatic carbocycles. The lowest BCUT2D eigenvalue weighted by Crippen LogP contribution is -2.01. The van der Waals surface area contributed by atoms with E-state index in [0.717, 1.165) is 12.8 Å². The van der Waals surface area contributed by atoms with Gasteiger partial charge in [-0.2, -0.15) is 13.2 Å². The van der Waals surface area contributed by atoms with Crippen LogP contribution in [0.1, 0.15) is 19.3 Å². The Hall–Kier alpha value is 0.430. The molecular weight excluding hydrogens is 197 g/mol. The van der Waals surface area contributed by atoms with Gasteiger partial charge in [0, 0.05) is 11.6 Å². The molecule has 0 aliphatic heterocycles. The van der Waals surface area contributed by atoms with Gasteiger partial charge in [-0.05, 0) is 12.8 Å². The van der Waals surface area contributed by atoms with Crippen molar-refractivity contribution in [2.24, 2.45) is 0 Å². The summed E-state index contributed by atoms with van der Waals surface area (Å²) < 4.78 is 34.5. The Morgan fingerprint density at radius 2 is 1.73 bits per heavy atom. The standard InChI is InChI=1S/C6H10ClF3S/c7-4-2-1-3-5-11-6(8,9)10/h1-5H2. The summed E-state index contributed by atoms with van der Waals surface area (Å²) in [7, 11) is 0. The molecule has 0 aliphatic rings. The zero-order valence-corrected chi connectivity index (χ0v) is 7.53. The van der Waals surface area contributed by atoms with Gasteiger partial charge < -0.3 is 0 Å². The predicted octanol–water partition coefficient (Wildman–Crippen LogP) is 3.65. The molecule has 0 bridgehead atoms. The van der Waals surface area contributed by atoms with E-state index in [-0.39, 0.29) is 17.5 Å². The maximum absolute atomic E-state index is 11.5. The molecule has 0 spiro atoms. The molecule has 0 saturated heterocycles. The SMILES string of the molecule is FC(F)(F)SCCCCCCl. The van der Waals surface area contributed by atoms with Gasteiger partial charge in [-0.15, -0.1) is 11.6 Å². The molecule has 0 aliphatic carbocycles. The van der Waals surface area contributed by atoms with Gasteiger partial charge >= 0.3 is 5.51 Å². The lowest BCUT2D eigenvalue weighted by Gasteiger charge is -2.03. The summed E-state index contributed by atoms with van der Waals surface area (Å²) in [4.78, 5) is 0. The highest BCUT2D eigenvalue weighted by molar-refractivity contribution is 8.00. The first-order valence-electron chi connectivity index (χ1n) is 3.33. The summed E-state index contributed by atoms with van der Waals surface area (Å²) in [5, 5.41) is 0. The van der Waals surface area contributed by atoms with Crippen molar-refractivity contribution in [3.63, 3.8) is 0 Å². The van der Waals surface area contributed by atoms with E-state index in [4.69, 9.17) is 11.6 Å². The van der Waals surface area contributed by atoms with E-state index in [1.165, 1.54) is 0 Å². The minimum absolute atomic E-state index is 0.0409. The quantitative estimate of drug-likeness (QED) is 0.489. The Balaban J connectivity index is 3.02. The monoisotopic (exact) mass is 206 g/mol. The van der Waals surface area contributed by atoms with Gasteiger partial charge in [0.1, 0.15) is 0 Å². The number of halogens is 4. The fraction of sp³-hybridized carbons (Fsp3) is 1.00. The van der Waals surface area contributed by atoms with Crippen molar-refractivity contribution in [2.75, 3.05) is 11.6 Å². The number of hydrogen-bond acceptors (Lipinski definition) is 1. The molecule has 0 fully saturated rings. The van der Waals surface area contributed by atoms with Crippen molar-refractivity contribution < 1.29 is 13.2 Å². The summed E-state index contributed by atoms with van der Waals surface area (Å²) in [6, 6.07) is 0. The molecule has 0 aromatic rings. The molecule has 0 radical (unpaired) electrons. The van der Waals surface area contributed by atoms with E-state index in [2.05, 4.69) is 0 Å². The first-order chi connectivity index (χ1) is 5.06. The molecule has 0 nitrogen and oxygen atoms in total. The van der Waals surface area contributed by atoms with Gasteiger partial charge in [-0.25, -0.2) is 0 Å². The second-order valence-corrected chi connectivity index (χ2v) is 3.58. The smallest absolute Gasteiger partial charge is 0.160 e. The van der Waals surface area contributed by atoms with Crippen molar-refractivity contribution in [3.8, 4) is 0 Å². The van der Waals surface area contributed by atoms with Gasteiger partial charge in [-0.3, -0.25) is 0 Å². The molecule has 0 atom stereocenters. The molecule has 0 heterocycles. The van der Waals surface area contributed by atoms with Crippen LogP contribution in [0.4, 0.5) is 13.2 Å². The Kier molecular flexibility index (Phi) is 6.24. The molecule has 0 amide bonds. The highest BCUT2D eigenvalue weighted by Gasteiger charge is 2.27. The van der Waals surface area contributed by atoms with Crippen LogP contribution in [0.3, 0.4) is 0 Å². The van der Waals surface area contributed by atoms with E-state index >= 15 is 0 Å². The largest absolute Gasteiger partial charge is 0.441 e. The zero-order valence-electron chi connectivity index (χ0n) is 5.96. The van der Waals surface area contributed by atoms with Crippen LogP contribution in [0.25, 0.3) is 0 Å². The maximum atomic E-state index is 11.5. The highest BCUT2D eigenvalue weighted by Crippen LogP contribution is 2.30. The Morgan fingerprint density at radius 3 is 2.18 bits per heavy atom. The van der Waals surface area contributed by atoms with Crippen molar-refractivity contribution in [3.05, 3.63) is 0 Å². The van der Waals surface area contributed by atoms with E-state index in [9.17, 15) is 13.2 Å². The van der Waals surface area contributed by atoms with E-state index in [1.54, 1.807) is 0 Å². The van der Waals surface area contributed by atoms with Gasteiger partial charge in [0.25, 0.3) is 0 Å². The summed E-state index contributed by atoms with van der Waals surface area (Å²) in [5.74, 6) is 0.692. The van der Waals surface area contributed by atoms with Crippen LogP contribution < -0.4 is 0 Å². The van der Waals surface area contributed by atoms with Crippen LogP contribution in [0.5, 0.6) is 0 Å². The van der Waals surface area contributed by atoms with E-state index in [1.807, 2.05) is 0 Å². The number of hydrogen-bond donors (Lipinski definition) is 0. The third kappa shape index (κ3) is 10.4. The topological polar surface area (TPSA) is 0 Å². The number of alkyl halides is 4. The summed E-state index contributed by atoms with van der Waals surface area (Å²) in [6.45, 7) is 0.